The lowest BCUT2D eigenvalue weighted by Crippen LogP contribution is -2.42. The zero-order valence-corrected chi connectivity index (χ0v) is 11.1. The molecule has 0 radical (unpaired) electrons. The number of rotatable bonds is 3. The van der Waals surface area contributed by atoms with Crippen molar-refractivity contribution in [3.05, 3.63) is 22.3 Å². The second-order valence-electron chi connectivity index (χ2n) is 4.37. The highest BCUT2D eigenvalue weighted by Gasteiger charge is 2.24. The summed E-state index contributed by atoms with van der Waals surface area (Å²) in [4.78, 5) is 4.28. The number of hydrogen-bond donors (Lipinski definition) is 2. The standard InChI is InChI=1S/C11H17BrN2O/c1-7-5-9(12)10(13-6-7)14-11(3,4)8(2)15/h5-6,8,15H,1-4H3,(H,13,14). The smallest absolute Gasteiger partial charge is 0.140 e. The largest absolute Gasteiger partial charge is 0.391 e. The van der Waals surface area contributed by atoms with Gasteiger partial charge in [0.2, 0.25) is 0 Å². The number of halogens is 1. The van der Waals surface area contributed by atoms with Gasteiger partial charge in [-0.15, -0.1) is 0 Å². The van der Waals surface area contributed by atoms with Crippen LogP contribution in [0.15, 0.2) is 16.7 Å². The summed E-state index contributed by atoms with van der Waals surface area (Å²) in [5.41, 5.74) is 0.701. The predicted molar refractivity (Wildman–Crippen MR) is 66.1 cm³/mol. The van der Waals surface area contributed by atoms with Gasteiger partial charge < -0.3 is 10.4 Å². The van der Waals surface area contributed by atoms with Gasteiger partial charge in [0.05, 0.1) is 16.1 Å². The molecule has 2 N–H and O–H groups in total. The van der Waals surface area contributed by atoms with Crippen LogP contribution >= 0.6 is 15.9 Å². The van der Waals surface area contributed by atoms with Crippen molar-refractivity contribution < 1.29 is 5.11 Å². The molecule has 1 aromatic heterocycles. The molecule has 0 aliphatic rings. The molecule has 15 heavy (non-hydrogen) atoms. The van der Waals surface area contributed by atoms with E-state index in [1.807, 2.05) is 26.8 Å². The van der Waals surface area contributed by atoms with Gasteiger partial charge >= 0.3 is 0 Å². The van der Waals surface area contributed by atoms with Gasteiger partial charge in [-0.3, -0.25) is 0 Å². The maximum atomic E-state index is 9.58. The summed E-state index contributed by atoms with van der Waals surface area (Å²) < 4.78 is 0.913. The molecule has 0 aliphatic carbocycles. The summed E-state index contributed by atoms with van der Waals surface area (Å²) in [6, 6.07) is 1.99. The monoisotopic (exact) mass is 272 g/mol. The van der Waals surface area contributed by atoms with Gasteiger partial charge in [0.1, 0.15) is 5.82 Å². The highest BCUT2D eigenvalue weighted by atomic mass is 79.9. The topological polar surface area (TPSA) is 45.2 Å². The average molecular weight is 273 g/mol. The van der Waals surface area contributed by atoms with E-state index in [0.717, 1.165) is 15.9 Å². The van der Waals surface area contributed by atoms with Crippen LogP contribution in [0.2, 0.25) is 0 Å². The van der Waals surface area contributed by atoms with Crippen LogP contribution in [0.3, 0.4) is 0 Å². The minimum Gasteiger partial charge on any atom is -0.391 e. The van der Waals surface area contributed by atoms with E-state index in [-0.39, 0.29) is 0 Å². The van der Waals surface area contributed by atoms with Crippen molar-refractivity contribution in [3.8, 4) is 0 Å². The number of aromatic nitrogens is 1. The fraction of sp³-hybridized carbons (Fsp3) is 0.545. The minimum absolute atomic E-state index is 0.398. The first-order valence-corrected chi connectivity index (χ1v) is 5.70. The number of nitrogens with one attached hydrogen (secondary N) is 1. The Kier molecular flexibility index (Phi) is 3.73. The van der Waals surface area contributed by atoms with Gasteiger partial charge in [0.15, 0.2) is 0 Å². The fourth-order valence-corrected chi connectivity index (χ4v) is 1.60. The van der Waals surface area contributed by atoms with Gasteiger partial charge in [-0.1, -0.05) is 0 Å². The van der Waals surface area contributed by atoms with Crippen LogP contribution in [0.25, 0.3) is 0 Å². The number of aliphatic hydroxyl groups is 1. The molecule has 1 rings (SSSR count). The molecule has 0 saturated heterocycles. The van der Waals surface area contributed by atoms with Crippen LogP contribution in [-0.4, -0.2) is 21.7 Å². The zero-order chi connectivity index (χ0) is 11.6. The highest BCUT2D eigenvalue weighted by molar-refractivity contribution is 9.10. The normalized spacial score (nSPS) is 13.7. The summed E-state index contributed by atoms with van der Waals surface area (Å²) in [6.45, 7) is 7.62. The Morgan fingerprint density at radius 1 is 1.53 bits per heavy atom. The molecule has 0 aromatic carbocycles. The summed E-state index contributed by atoms with van der Waals surface area (Å²) in [7, 11) is 0. The van der Waals surface area contributed by atoms with Crippen molar-refractivity contribution in [3.63, 3.8) is 0 Å². The van der Waals surface area contributed by atoms with E-state index in [4.69, 9.17) is 0 Å². The minimum atomic E-state index is -0.451. The second kappa shape index (κ2) is 4.49. The number of nitrogens with zero attached hydrogens (tertiary/aromatic N) is 1. The third kappa shape index (κ3) is 3.18. The third-order valence-electron chi connectivity index (χ3n) is 2.46. The highest BCUT2D eigenvalue weighted by Crippen LogP contribution is 2.24. The van der Waals surface area contributed by atoms with E-state index in [1.54, 1.807) is 13.1 Å². The number of anilines is 1. The van der Waals surface area contributed by atoms with E-state index in [9.17, 15) is 5.11 Å². The van der Waals surface area contributed by atoms with Gasteiger partial charge in [0, 0.05) is 6.20 Å². The fourth-order valence-electron chi connectivity index (χ4n) is 1.04. The number of aliphatic hydroxyl groups excluding tert-OH is 1. The Morgan fingerprint density at radius 3 is 2.60 bits per heavy atom. The lowest BCUT2D eigenvalue weighted by Gasteiger charge is -2.30. The molecule has 0 fully saturated rings. The van der Waals surface area contributed by atoms with Crippen molar-refractivity contribution in [1.82, 2.24) is 4.98 Å². The zero-order valence-electron chi connectivity index (χ0n) is 9.50. The lowest BCUT2D eigenvalue weighted by atomic mass is 9.99. The van der Waals surface area contributed by atoms with Crippen LogP contribution in [-0.2, 0) is 0 Å². The molecular formula is C11H17BrN2O. The first kappa shape index (κ1) is 12.5. The van der Waals surface area contributed by atoms with Gasteiger partial charge in [-0.25, -0.2) is 4.98 Å². The molecule has 84 valence electrons. The molecule has 0 bridgehead atoms. The Balaban J connectivity index is 2.90. The molecule has 0 aliphatic heterocycles. The maximum absolute atomic E-state index is 9.58. The van der Waals surface area contributed by atoms with Crippen molar-refractivity contribution in [2.45, 2.75) is 39.3 Å². The van der Waals surface area contributed by atoms with E-state index in [2.05, 4.69) is 26.2 Å². The molecule has 1 aromatic rings. The quantitative estimate of drug-likeness (QED) is 0.890. The first-order valence-electron chi connectivity index (χ1n) is 4.91. The van der Waals surface area contributed by atoms with Crippen molar-refractivity contribution in [2.24, 2.45) is 0 Å². The Labute approximate surface area is 99.1 Å². The Bertz CT molecular complexity index is 350. The van der Waals surface area contributed by atoms with Crippen LogP contribution < -0.4 is 5.32 Å². The van der Waals surface area contributed by atoms with Crippen LogP contribution in [0, 0.1) is 6.92 Å². The molecule has 4 heteroatoms. The number of pyridine rings is 1. The molecule has 0 amide bonds. The van der Waals surface area contributed by atoms with Crippen LogP contribution in [0.5, 0.6) is 0 Å². The first-order chi connectivity index (χ1) is 6.83. The maximum Gasteiger partial charge on any atom is 0.140 e. The van der Waals surface area contributed by atoms with Crippen molar-refractivity contribution in [1.29, 1.82) is 0 Å². The van der Waals surface area contributed by atoms with E-state index in [0.29, 0.717) is 0 Å². The van der Waals surface area contributed by atoms with Crippen molar-refractivity contribution in [2.75, 3.05) is 5.32 Å². The average Bonchev–Trinajstić information content (AvgIpc) is 2.09. The SMILES string of the molecule is Cc1cnc(NC(C)(C)C(C)O)c(Br)c1. The van der Waals surface area contributed by atoms with E-state index < -0.39 is 11.6 Å². The van der Waals surface area contributed by atoms with E-state index >= 15 is 0 Å². The molecule has 0 spiro atoms. The van der Waals surface area contributed by atoms with Gasteiger partial charge in [-0.2, -0.15) is 0 Å². The van der Waals surface area contributed by atoms with Crippen LogP contribution in [0.4, 0.5) is 5.82 Å². The third-order valence-corrected chi connectivity index (χ3v) is 3.07. The van der Waals surface area contributed by atoms with Gasteiger partial charge in [0.25, 0.3) is 0 Å². The summed E-state index contributed by atoms with van der Waals surface area (Å²) in [6.07, 6.45) is 1.35. The summed E-state index contributed by atoms with van der Waals surface area (Å²) >= 11 is 3.44. The molecule has 3 nitrogen and oxygen atoms in total. The second-order valence-corrected chi connectivity index (χ2v) is 5.22. The van der Waals surface area contributed by atoms with Gasteiger partial charge in [-0.05, 0) is 55.3 Å². The number of aryl methyl sites for hydroxylation is 1. The lowest BCUT2D eigenvalue weighted by molar-refractivity contribution is 0.133. The molecular weight excluding hydrogens is 256 g/mol. The predicted octanol–water partition coefficient (Wildman–Crippen LogP) is 2.72. The number of hydrogen-bond acceptors (Lipinski definition) is 3. The summed E-state index contributed by atoms with van der Waals surface area (Å²) in [5.74, 6) is 0.756. The van der Waals surface area contributed by atoms with Crippen molar-refractivity contribution >= 4 is 21.7 Å². The van der Waals surface area contributed by atoms with Crippen LogP contribution in [0.1, 0.15) is 26.3 Å². The molecule has 1 unspecified atom stereocenters. The molecule has 1 heterocycles. The molecule has 1 atom stereocenters. The molecule has 0 saturated carbocycles. The Morgan fingerprint density at radius 2 is 2.13 bits per heavy atom. The summed E-state index contributed by atoms with van der Waals surface area (Å²) in [5, 5.41) is 12.8. The Hall–Kier alpha value is -0.610. The van der Waals surface area contributed by atoms with E-state index in [1.165, 1.54) is 0 Å².